The van der Waals surface area contributed by atoms with Crippen LogP contribution in [0.3, 0.4) is 0 Å². The highest BCUT2D eigenvalue weighted by Gasteiger charge is 2.52. The van der Waals surface area contributed by atoms with Gasteiger partial charge in [0.1, 0.15) is 6.10 Å². The van der Waals surface area contributed by atoms with Gasteiger partial charge in [0.2, 0.25) is 0 Å². The first-order valence-corrected chi connectivity index (χ1v) is 14.3. The van der Waals surface area contributed by atoms with E-state index in [0.29, 0.717) is 16.7 Å². The molecule has 2 atom stereocenters. The molecule has 202 valence electrons. The molecule has 0 radical (unpaired) electrons. The van der Waals surface area contributed by atoms with Crippen LogP contribution in [0.4, 0.5) is 8.78 Å². The van der Waals surface area contributed by atoms with Crippen molar-refractivity contribution < 1.29 is 37.5 Å². The number of carbonyl (C=O) groups excluding carboxylic acids is 2. The molecular formula is C28H28BrF2O6P. The molecule has 0 heterocycles. The zero-order valence-electron chi connectivity index (χ0n) is 21.0. The number of hydrogen-bond acceptors (Lipinski definition) is 4. The smallest absolute Gasteiger partial charge is 0.399 e. The predicted octanol–water partition coefficient (Wildman–Crippen LogP) is 7.15. The standard InChI is InChI=1S/C28H28BrF2O6P/c1-17(2)27(33)37-18(3)22-16-24(28(30,31)38(34,35)36)25(29)15-21(22)14-23(19-10-6-4-7-11-19)26(32)20-12-8-5-9-13-20/h4-13,15-18,23H,14H2,1-3H3,(H2,34,35,36). The van der Waals surface area contributed by atoms with E-state index in [-0.39, 0.29) is 22.2 Å². The van der Waals surface area contributed by atoms with E-state index in [0.717, 1.165) is 6.07 Å². The van der Waals surface area contributed by atoms with Crippen molar-refractivity contribution >= 4 is 35.3 Å². The Kier molecular flexibility index (Phi) is 9.42. The summed E-state index contributed by atoms with van der Waals surface area (Å²) in [5, 5.41) is 0. The summed E-state index contributed by atoms with van der Waals surface area (Å²) in [6.45, 7) is 4.73. The Balaban J connectivity index is 2.18. The van der Waals surface area contributed by atoms with Crippen molar-refractivity contribution in [2.45, 2.75) is 44.9 Å². The average Bonchev–Trinajstić information content (AvgIpc) is 2.87. The lowest BCUT2D eigenvalue weighted by molar-refractivity contribution is -0.152. The summed E-state index contributed by atoms with van der Waals surface area (Å²) >= 11 is 3.04. The predicted molar refractivity (Wildman–Crippen MR) is 143 cm³/mol. The van der Waals surface area contributed by atoms with E-state index >= 15 is 0 Å². The summed E-state index contributed by atoms with van der Waals surface area (Å²) in [5.41, 5.74) is -3.76. The molecule has 0 fully saturated rings. The first-order chi connectivity index (χ1) is 17.7. The molecule has 0 aromatic heterocycles. The van der Waals surface area contributed by atoms with Crippen molar-refractivity contribution in [1.82, 2.24) is 0 Å². The second-order valence-electron chi connectivity index (χ2n) is 9.25. The number of rotatable bonds is 10. The second-order valence-corrected chi connectivity index (χ2v) is 11.8. The highest BCUT2D eigenvalue weighted by molar-refractivity contribution is 9.10. The minimum Gasteiger partial charge on any atom is -0.458 e. The number of halogens is 3. The molecule has 3 rings (SSSR count). The molecule has 38 heavy (non-hydrogen) atoms. The lowest BCUT2D eigenvalue weighted by atomic mass is 9.83. The van der Waals surface area contributed by atoms with E-state index in [1.54, 1.807) is 68.4 Å². The van der Waals surface area contributed by atoms with Crippen LogP contribution in [0, 0.1) is 5.92 Å². The van der Waals surface area contributed by atoms with E-state index < -0.39 is 42.7 Å². The van der Waals surface area contributed by atoms with Crippen molar-refractivity contribution in [2.75, 3.05) is 0 Å². The van der Waals surface area contributed by atoms with Crippen molar-refractivity contribution in [3.8, 4) is 0 Å². The molecule has 2 unspecified atom stereocenters. The van der Waals surface area contributed by atoms with Crippen LogP contribution < -0.4 is 0 Å². The van der Waals surface area contributed by atoms with Gasteiger partial charge >= 0.3 is 19.2 Å². The van der Waals surface area contributed by atoms with Gasteiger partial charge in [-0.2, -0.15) is 8.78 Å². The third-order valence-corrected chi connectivity index (χ3v) is 7.75. The van der Waals surface area contributed by atoms with Crippen LogP contribution in [0.25, 0.3) is 0 Å². The summed E-state index contributed by atoms with van der Waals surface area (Å²) in [4.78, 5) is 44.6. The second kappa shape index (κ2) is 12.0. The van der Waals surface area contributed by atoms with Gasteiger partial charge in [0.15, 0.2) is 5.78 Å². The fraction of sp³-hybridized carbons (Fsp3) is 0.286. The Morgan fingerprint density at radius 2 is 1.53 bits per heavy atom. The molecule has 0 amide bonds. The van der Waals surface area contributed by atoms with Crippen molar-refractivity contribution in [2.24, 2.45) is 5.92 Å². The molecule has 10 heteroatoms. The van der Waals surface area contributed by atoms with Gasteiger partial charge in [0.05, 0.1) is 11.8 Å². The molecule has 3 aromatic carbocycles. The van der Waals surface area contributed by atoms with Gasteiger partial charge in [-0.25, -0.2) is 0 Å². The Bertz CT molecular complexity index is 1340. The Morgan fingerprint density at radius 3 is 2.05 bits per heavy atom. The molecule has 0 aliphatic rings. The highest BCUT2D eigenvalue weighted by atomic mass is 79.9. The summed E-state index contributed by atoms with van der Waals surface area (Å²) in [7, 11) is -5.88. The number of hydrogen-bond donors (Lipinski definition) is 2. The van der Waals surface area contributed by atoms with Crippen LogP contribution in [0.1, 0.15) is 65.4 Å². The first-order valence-electron chi connectivity index (χ1n) is 11.8. The molecule has 6 nitrogen and oxygen atoms in total. The van der Waals surface area contributed by atoms with Gasteiger partial charge in [-0.15, -0.1) is 0 Å². The number of benzene rings is 3. The molecule has 3 aromatic rings. The Morgan fingerprint density at radius 1 is 0.974 bits per heavy atom. The maximum atomic E-state index is 14.8. The number of Topliss-reactive ketones (excluding diaryl/α,β-unsaturated/α-hetero) is 1. The normalized spacial score (nSPS) is 13.7. The van der Waals surface area contributed by atoms with E-state index in [1.807, 2.05) is 6.07 Å². The topological polar surface area (TPSA) is 101 Å². The van der Waals surface area contributed by atoms with Gasteiger partial charge in [0, 0.05) is 15.6 Å². The maximum absolute atomic E-state index is 14.8. The van der Waals surface area contributed by atoms with E-state index in [2.05, 4.69) is 15.9 Å². The molecule has 0 aliphatic heterocycles. The molecule has 0 bridgehead atoms. The third kappa shape index (κ3) is 6.64. The summed E-state index contributed by atoms with van der Waals surface area (Å²) in [6, 6.07) is 19.8. The van der Waals surface area contributed by atoms with Crippen LogP contribution >= 0.6 is 23.5 Å². The fourth-order valence-electron chi connectivity index (χ4n) is 4.02. The minimum absolute atomic E-state index is 0.0526. The van der Waals surface area contributed by atoms with Crippen molar-refractivity contribution in [3.63, 3.8) is 0 Å². The van der Waals surface area contributed by atoms with Crippen LogP contribution in [0.15, 0.2) is 77.3 Å². The van der Waals surface area contributed by atoms with E-state index in [4.69, 9.17) is 4.74 Å². The summed E-state index contributed by atoms with van der Waals surface area (Å²) in [5.74, 6) is -1.99. The summed E-state index contributed by atoms with van der Waals surface area (Å²) in [6.07, 6.45) is -0.987. The van der Waals surface area contributed by atoms with Gasteiger partial charge in [-0.3, -0.25) is 14.2 Å². The zero-order chi connectivity index (χ0) is 28.3. The Hall–Kier alpha value is -2.71. The van der Waals surface area contributed by atoms with E-state index in [1.165, 1.54) is 13.0 Å². The molecule has 0 saturated heterocycles. The lowest BCUT2D eigenvalue weighted by Crippen LogP contribution is -2.21. The first kappa shape index (κ1) is 29.8. The zero-order valence-corrected chi connectivity index (χ0v) is 23.5. The quantitative estimate of drug-likeness (QED) is 0.144. The van der Waals surface area contributed by atoms with Gasteiger partial charge in [0.25, 0.3) is 0 Å². The maximum Gasteiger partial charge on any atom is 0.399 e. The van der Waals surface area contributed by atoms with E-state index in [9.17, 15) is 32.7 Å². The molecule has 0 saturated carbocycles. The van der Waals surface area contributed by atoms with Crippen molar-refractivity contribution in [1.29, 1.82) is 0 Å². The molecular weight excluding hydrogens is 581 g/mol. The van der Waals surface area contributed by atoms with Gasteiger partial charge in [-0.05, 0) is 42.2 Å². The average molecular weight is 609 g/mol. The molecule has 2 N–H and O–H groups in total. The fourth-order valence-corrected chi connectivity index (χ4v) is 5.31. The van der Waals surface area contributed by atoms with Crippen molar-refractivity contribution in [3.05, 3.63) is 105 Å². The summed E-state index contributed by atoms with van der Waals surface area (Å²) < 4.78 is 46.5. The monoisotopic (exact) mass is 608 g/mol. The molecule has 0 aliphatic carbocycles. The number of ketones is 1. The number of alkyl halides is 2. The Labute approximate surface area is 228 Å². The van der Waals surface area contributed by atoms with Gasteiger partial charge < -0.3 is 14.5 Å². The lowest BCUT2D eigenvalue weighted by Gasteiger charge is -2.26. The third-order valence-electron chi connectivity index (χ3n) is 6.12. The molecule has 0 spiro atoms. The van der Waals surface area contributed by atoms with Crippen LogP contribution in [-0.2, 0) is 26.2 Å². The number of ether oxygens (including phenoxy) is 1. The van der Waals surface area contributed by atoms with Crippen LogP contribution in [-0.4, -0.2) is 21.5 Å². The van der Waals surface area contributed by atoms with Crippen LogP contribution in [0.5, 0.6) is 0 Å². The number of carbonyl (C=O) groups is 2. The van der Waals surface area contributed by atoms with Crippen LogP contribution in [0.2, 0.25) is 0 Å². The van der Waals surface area contributed by atoms with Gasteiger partial charge in [-0.1, -0.05) is 90.4 Å². The minimum atomic E-state index is -5.88. The number of esters is 1. The largest absolute Gasteiger partial charge is 0.458 e. The highest BCUT2D eigenvalue weighted by Crippen LogP contribution is 2.61. The SMILES string of the molecule is CC(C)C(=O)OC(C)c1cc(C(F)(F)P(=O)(O)O)c(Br)cc1CC(C(=O)c1ccccc1)c1ccccc1.